The Balaban J connectivity index is 2.60. The van der Waals surface area contributed by atoms with Gasteiger partial charge in [0, 0.05) is 10.0 Å². The minimum atomic E-state index is -0.942. The van der Waals surface area contributed by atoms with Gasteiger partial charge in [-0.1, -0.05) is 15.9 Å². The minimum absolute atomic E-state index is 0.343. The average Bonchev–Trinajstić information content (AvgIpc) is 2.27. The summed E-state index contributed by atoms with van der Waals surface area (Å²) in [7, 11) is 0. The first-order chi connectivity index (χ1) is 8.02. The molecule has 17 heavy (non-hydrogen) atoms. The molecule has 0 atom stereocenters. The van der Waals surface area contributed by atoms with Crippen LogP contribution < -0.4 is 15.8 Å². The zero-order chi connectivity index (χ0) is 12.8. The quantitative estimate of drug-likeness (QED) is 0.805. The van der Waals surface area contributed by atoms with Gasteiger partial charge >= 0.3 is 6.03 Å². The van der Waals surface area contributed by atoms with Crippen molar-refractivity contribution < 1.29 is 19.1 Å². The van der Waals surface area contributed by atoms with Crippen LogP contribution in [0.25, 0.3) is 0 Å². The van der Waals surface area contributed by atoms with Gasteiger partial charge in [0.15, 0.2) is 12.9 Å². The lowest BCUT2D eigenvalue weighted by Crippen LogP contribution is -2.38. The summed E-state index contributed by atoms with van der Waals surface area (Å²) in [4.78, 5) is 32.0. The molecule has 90 valence electrons. The second kappa shape index (κ2) is 6.00. The molecular formula is C10H9BrN2O4. The molecular weight excluding hydrogens is 292 g/mol. The van der Waals surface area contributed by atoms with Crippen molar-refractivity contribution in [1.29, 1.82) is 0 Å². The van der Waals surface area contributed by atoms with Crippen LogP contribution >= 0.6 is 15.9 Å². The van der Waals surface area contributed by atoms with E-state index < -0.39 is 11.9 Å². The van der Waals surface area contributed by atoms with Crippen LogP contribution in [0.1, 0.15) is 10.4 Å². The number of amides is 3. The van der Waals surface area contributed by atoms with E-state index in [2.05, 4.69) is 15.9 Å². The summed E-state index contributed by atoms with van der Waals surface area (Å²) in [6, 6.07) is 3.72. The highest BCUT2D eigenvalue weighted by Gasteiger charge is 2.06. The molecule has 0 saturated carbocycles. The highest BCUT2D eigenvalue weighted by atomic mass is 79.9. The van der Waals surface area contributed by atoms with E-state index in [-0.39, 0.29) is 6.61 Å². The van der Waals surface area contributed by atoms with Gasteiger partial charge in [-0.2, -0.15) is 0 Å². The maximum Gasteiger partial charge on any atom is 0.318 e. The SMILES string of the molecule is NC(=O)NC(=O)COc1ccc(Br)c(C=O)c1. The van der Waals surface area contributed by atoms with Gasteiger partial charge in [-0.25, -0.2) is 4.79 Å². The van der Waals surface area contributed by atoms with Crippen LogP contribution in [0.2, 0.25) is 0 Å². The van der Waals surface area contributed by atoms with Gasteiger partial charge in [0.05, 0.1) is 0 Å². The van der Waals surface area contributed by atoms with Crippen LogP contribution in [-0.4, -0.2) is 24.8 Å². The molecule has 3 amide bonds. The minimum Gasteiger partial charge on any atom is -0.484 e. The molecule has 1 aromatic carbocycles. The maximum atomic E-state index is 11.0. The summed E-state index contributed by atoms with van der Waals surface area (Å²) < 4.78 is 5.69. The Hall–Kier alpha value is -1.89. The van der Waals surface area contributed by atoms with Crippen molar-refractivity contribution in [2.24, 2.45) is 5.73 Å². The third kappa shape index (κ3) is 4.23. The largest absolute Gasteiger partial charge is 0.484 e. The first kappa shape index (κ1) is 13.2. The molecule has 6 nitrogen and oxygen atoms in total. The predicted molar refractivity (Wildman–Crippen MR) is 62.8 cm³/mol. The Morgan fingerprint density at radius 3 is 2.76 bits per heavy atom. The molecule has 0 unspecified atom stereocenters. The van der Waals surface area contributed by atoms with E-state index in [4.69, 9.17) is 10.5 Å². The molecule has 0 fully saturated rings. The summed E-state index contributed by atoms with van der Waals surface area (Å²) in [6.07, 6.45) is 0.653. The van der Waals surface area contributed by atoms with Crippen LogP contribution in [0.15, 0.2) is 22.7 Å². The smallest absolute Gasteiger partial charge is 0.318 e. The van der Waals surface area contributed by atoms with Gasteiger partial charge in [0.1, 0.15) is 5.75 Å². The van der Waals surface area contributed by atoms with Crippen molar-refractivity contribution in [1.82, 2.24) is 5.32 Å². The van der Waals surface area contributed by atoms with Crippen molar-refractivity contribution in [3.05, 3.63) is 28.2 Å². The number of carbonyl (C=O) groups excluding carboxylic acids is 3. The molecule has 0 radical (unpaired) electrons. The normalized spacial score (nSPS) is 9.47. The van der Waals surface area contributed by atoms with E-state index >= 15 is 0 Å². The summed E-state index contributed by atoms with van der Waals surface area (Å²) in [5.74, 6) is -0.317. The molecule has 0 bridgehead atoms. The highest BCUT2D eigenvalue weighted by molar-refractivity contribution is 9.10. The number of urea groups is 1. The van der Waals surface area contributed by atoms with Crippen molar-refractivity contribution in [2.75, 3.05) is 6.61 Å². The lowest BCUT2D eigenvalue weighted by atomic mass is 10.2. The third-order valence-corrected chi connectivity index (χ3v) is 2.45. The predicted octanol–water partition coefficient (Wildman–Crippen LogP) is 0.835. The van der Waals surface area contributed by atoms with Gasteiger partial charge in [0.25, 0.3) is 5.91 Å². The van der Waals surface area contributed by atoms with E-state index in [0.29, 0.717) is 22.1 Å². The van der Waals surface area contributed by atoms with Crippen molar-refractivity contribution in [3.8, 4) is 5.75 Å². The number of ether oxygens (including phenoxy) is 1. The molecule has 0 aliphatic rings. The Bertz CT molecular complexity index is 462. The number of aldehydes is 1. The molecule has 3 N–H and O–H groups in total. The van der Waals surface area contributed by atoms with Crippen LogP contribution in [0.5, 0.6) is 5.75 Å². The van der Waals surface area contributed by atoms with Gasteiger partial charge in [0.2, 0.25) is 0 Å². The Morgan fingerprint density at radius 1 is 1.47 bits per heavy atom. The number of carbonyl (C=O) groups is 3. The van der Waals surface area contributed by atoms with Crippen LogP contribution in [-0.2, 0) is 4.79 Å². The number of primary amides is 1. The molecule has 0 aromatic heterocycles. The standard InChI is InChI=1S/C10H9BrN2O4/c11-8-2-1-7(3-6(8)4-14)17-5-9(15)13-10(12)16/h1-4H,5H2,(H3,12,13,15,16). The van der Waals surface area contributed by atoms with E-state index in [1.807, 2.05) is 5.32 Å². The van der Waals surface area contributed by atoms with Gasteiger partial charge < -0.3 is 10.5 Å². The van der Waals surface area contributed by atoms with Crippen LogP contribution in [0, 0.1) is 0 Å². The van der Waals surface area contributed by atoms with Gasteiger partial charge in [-0.15, -0.1) is 0 Å². The number of rotatable bonds is 4. The monoisotopic (exact) mass is 300 g/mol. The van der Waals surface area contributed by atoms with Crippen LogP contribution in [0.4, 0.5) is 4.79 Å². The second-order valence-electron chi connectivity index (χ2n) is 3.00. The maximum absolute atomic E-state index is 11.0. The molecule has 7 heteroatoms. The topological polar surface area (TPSA) is 98.5 Å². The fraction of sp³-hybridized carbons (Fsp3) is 0.100. The Labute approximate surface area is 105 Å². The van der Waals surface area contributed by atoms with E-state index in [0.717, 1.165) is 0 Å². The summed E-state index contributed by atoms with van der Waals surface area (Å²) in [6.45, 7) is -0.358. The van der Waals surface area contributed by atoms with E-state index in [1.54, 1.807) is 12.1 Å². The molecule has 0 aliphatic carbocycles. The van der Waals surface area contributed by atoms with Crippen molar-refractivity contribution >= 4 is 34.2 Å². The zero-order valence-corrected chi connectivity index (χ0v) is 10.2. The number of hydrogen-bond donors (Lipinski definition) is 2. The second-order valence-corrected chi connectivity index (χ2v) is 3.86. The molecule has 0 spiro atoms. The molecule has 1 rings (SSSR count). The van der Waals surface area contributed by atoms with E-state index in [1.165, 1.54) is 6.07 Å². The number of hydrogen-bond acceptors (Lipinski definition) is 4. The van der Waals surface area contributed by atoms with Crippen molar-refractivity contribution in [2.45, 2.75) is 0 Å². The number of imide groups is 1. The summed E-state index contributed by atoms with van der Waals surface area (Å²) in [5.41, 5.74) is 5.15. The lowest BCUT2D eigenvalue weighted by molar-refractivity contribution is -0.121. The van der Waals surface area contributed by atoms with Gasteiger partial charge in [-0.05, 0) is 18.2 Å². The van der Waals surface area contributed by atoms with Gasteiger partial charge in [-0.3, -0.25) is 14.9 Å². The molecule has 0 saturated heterocycles. The lowest BCUT2D eigenvalue weighted by Gasteiger charge is -2.06. The highest BCUT2D eigenvalue weighted by Crippen LogP contribution is 2.20. The fourth-order valence-corrected chi connectivity index (χ4v) is 1.36. The first-order valence-electron chi connectivity index (χ1n) is 4.49. The van der Waals surface area contributed by atoms with E-state index in [9.17, 15) is 14.4 Å². The Morgan fingerprint density at radius 2 is 2.18 bits per heavy atom. The summed E-state index contributed by atoms with van der Waals surface area (Å²) >= 11 is 3.18. The molecule has 0 heterocycles. The molecule has 0 aliphatic heterocycles. The first-order valence-corrected chi connectivity index (χ1v) is 5.29. The molecule has 1 aromatic rings. The van der Waals surface area contributed by atoms with Crippen LogP contribution in [0.3, 0.4) is 0 Å². The number of halogens is 1. The number of nitrogens with one attached hydrogen (secondary N) is 1. The summed E-state index contributed by atoms with van der Waals surface area (Å²) in [5, 5.41) is 1.85. The third-order valence-electron chi connectivity index (χ3n) is 1.73. The number of nitrogens with two attached hydrogens (primary N) is 1. The zero-order valence-electron chi connectivity index (χ0n) is 8.60. The Kier molecular flexibility index (Phi) is 4.65. The number of benzene rings is 1. The van der Waals surface area contributed by atoms with Crippen molar-refractivity contribution in [3.63, 3.8) is 0 Å². The fourth-order valence-electron chi connectivity index (χ4n) is 1.02. The average molecular weight is 301 g/mol.